The number of rotatable bonds is 4. The average molecular weight is 336 g/mol. The van der Waals surface area contributed by atoms with Crippen molar-refractivity contribution in [3.05, 3.63) is 52.2 Å². The molecule has 0 spiro atoms. The van der Waals surface area contributed by atoms with Crippen molar-refractivity contribution in [3.8, 4) is 0 Å². The summed E-state index contributed by atoms with van der Waals surface area (Å²) in [6.07, 6.45) is 1.46. The molecular weight excluding hydrogens is 322 g/mol. The van der Waals surface area contributed by atoms with Crippen LogP contribution in [-0.2, 0) is 0 Å². The molecule has 0 bridgehead atoms. The summed E-state index contributed by atoms with van der Waals surface area (Å²) < 4.78 is 6.31. The van der Waals surface area contributed by atoms with Crippen LogP contribution in [0.2, 0.25) is 0 Å². The van der Waals surface area contributed by atoms with E-state index in [1.54, 1.807) is 24.3 Å². The summed E-state index contributed by atoms with van der Waals surface area (Å²) in [6, 6.07) is 10.7. The number of benzene rings is 1. The Kier molecular flexibility index (Phi) is 4.57. The SMILES string of the molecule is CN(C)c1ccc(/C=N\NC(=O)c2cccc(Br)c2)o1. The van der Waals surface area contributed by atoms with Crippen LogP contribution in [0.15, 0.2) is 50.4 Å². The Labute approximate surface area is 125 Å². The molecular formula is C14H14BrN3O2. The fourth-order valence-electron chi connectivity index (χ4n) is 1.50. The van der Waals surface area contributed by atoms with Crippen LogP contribution in [0.3, 0.4) is 0 Å². The second-order valence-corrected chi connectivity index (χ2v) is 5.20. The Morgan fingerprint density at radius 2 is 2.15 bits per heavy atom. The topological polar surface area (TPSA) is 57.8 Å². The number of nitrogens with one attached hydrogen (secondary N) is 1. The van der Waals surface area contributed by atoms with Gasteiger partial charge in [0.05, 0.1) is 6.21 Å². The van der Waals surface area contributed by atoms with Crippen LogP contribution >= 0.6 is 15.9 Å². The fourth-order valence-corrected chi connectivity index (χ4v) is 1.90. The quantitative estimate of drug-likeness (QED) is 0.690. The zero-order chi connectivity index (χ0) is 14.5. The number of halogens is 1. The zero-order valence-electron chi connectivity index (χ0n) is 11.1. The van der Waals surface area contributed by atoms with Crippen molar-refractivity contribution in [1.82, 2.24) is 5.43 Å². The van der Waals surface area contributed by atoms with Crippen LogP contribution in [-0.4, -0.2) is 26.2 Å². The Hall–Kier alpha value is -2.08. The lowest BCUT2D eigenvalue weighted by Gasteiger charge is -2.05. The minimum atomic E-state index is -0.276. The molecule has 2 rings (SSSR count). The number of carbonyl (C=O) groups is 1. The van der Waals surface area contributed by atoms with Crippen LogP contribution in [0, 0.1) is 0 Å². The van der Waals surface area contributed by atoms with Crippen LogP contribution in [0.5, 0.6) is 0 Å². The van der Waals surface area contributed by atoms with Crippen molar-refractivity contribution in [2.75, 3.05) is 19.0 Å². The largest absolute Gasteiger partial charge is 0.440 e. The summed E-state index contributed by atoms with van der Waals surface area (Å²) in [5.74, 6) is 1.02. The summed E-state index contributed by atoms with van der Waals surface area (Å²) in [5, 5.41) is 3.87. The van der Waals surface area contributed by atoms with Gasteiger partial charge in [0, 0.05) is 30.2 Å². The van der Waals surface area contributed by atoms with Crippen LogP contribution in [0.25, 0.3) is 0 Å². The Balaban J connectivity index is 1.97. The predicted octanol–water partition coefficient (Wildman–Crippen LogP) is 2.87. The number of anilines is 1. The number of hydrogen-bond donors (Lipinski definition) is 1. The number of amides is 1. The van der Waals surface area contributed by atoms with Crippen LogP contribution in [0.1, 0.15) is 16.1 Å². The van der Waals surface area contributed by atoms with Gasteiger partial charge in [-0.3, -0.25) is 4.79 Å². The van der Waals surface area contributed by atoms with E-state index in [4.69, 9.17) is 4.42 Å². The minimum absolute atomic E-state index is 0.276. The van der Waals surface area contributed by atoms with E-state index in [1.807, 2.05) is 31.1 Å². The molecule has 0 aliphatic rings. The summed E-state index contributed by atoms with van der Waals surface area (Å²) in [6.45, 7) is 0. The van der Waals surface area contributed by atoms with E-state index >= 15 is 0 Å². The Morgan fingerprint density at radius 3 is 2.80 bits per heavy atom. The molecule has 1 N–H and O–H groups in total. The third-order valence-corrected chi connectivity index (χ3v) is 2.99. The van der Waals surface area contributed by atoms with Gasteiger partial charge in [0.2, 0.25) is 0 Å². The molecule has 1 aromatic heterocycles. The highest BCUT2D eigenvalue weighted by Gasteiger charge is 2.04. The third-order valence-electron chi connectivity index (χ3n) is 2.50. The minimum Gasteiger partial charge on any atom is -0.440 e. The second kappa shape index (κ2) is 6.38. The molecule has 0 aliphatic carbocycles. The maximum atomic E-state index is 11.8. The van der Waals surface area contributed by atoms with Gasteiger partial charge in [0.1, 0.15) is 5.76 Å². The molecule has 0 saturated carbocycles. The number of carbonyl (C=O) groups excluding carboxylic acids is 1. The molecule has 1 heterocycles. The van der Waals surface area contributed by atoms with Crippen LogP contribution < -0.4 is 10.3 Å². The Morgan fingerprint density at radius 1 is 1.35 bits per heavy atom. The molecule has 0 fully saturated rings. The molecule has 5 nitrogen and oxygen atoms in total. The number of hydrogen-bond acceptors (Lipinski definition) is 4. The molecule has 1 aromatic carbocycles. The van der Waals surface area contributed by atoms with Gasteiger partial charge in [-0.1, -0.05) is 22.0 Å². The number of furan rings is 1. The molecule has 20 heavy (non-hydrogen) atoms. The van der Waals surface area contributed by atoms with Crippen molar-refractivity contribution in [2.24, 2.45) is 5.10 Å². The van der Waals surface area contributed by atoms with Gasteiger partial charge in [-0.2, -0.15) is 5.10 Å². The van der Waals surface area contributed by atoms with E-state index in [1.165, 1.54) is 6.21 Å². The van der Waals surface area contributed by atoms with Gasteiger partial charge in [0.15, 0.2) is 5.88 Å². The van der Waals surface area contributed by atoms with Crippen LogP contribution in [0.4, 0.5) is 5.88 Å². The van der Waals surface area contributed by atoms with Gasteiger partial charge in [0.25, 0.3) is 5.91 Å². The lowest BCUT2D eigenvalue weighted by Crippen LogP contribution is -2.17. The maximum absolute atomic E-state index is 11.8. The first-order chi connectivity index (χ1) is 9.56. The molecule has 0 unspecified atom stereocenters. The first-order valence-corrected chi connectivity index (χ1v) is 6.71. The van der Waals surface area contributed by atoms with Gasteiger partial charge in [-0.05, 0) is 24.3 Å². The van der Waals surface area contributed by atoms with E-state index in [0.717, 1.165) is 10.4 Å². The first-order valence-electron chi connectivity index (χ1n) is 5.92. The molecule has 1 amide bonds. The maximum Gasteiger partial charge on any atom is 0.271 e. The standard InChI is InChI=1S/C14H14BrN3O2/c1-18(2)13-7-6-12(20-13)9-16-17-14(19)10-4-3-5-11(15)8-10/h3-9H,1-2H3,(H,17,19)/b16-9-. The highest BCUT2D eigenvalue weighted by molar-refractivity contribution is 9.10. The van der Waals surface area contributed by atoms with Gasteiger partial charge in [-0.25, -0.2) is 5.43 Å². The smallest absolute Gasteiger partial charge is 0.271 e. The van der Waals surface area contributed by atoms with Gasteiger partial charge < -0.3 is 9.32 Å². The molecule has 104 valence electrons. The molecule has 2 aromatic rings. The number of nitrogens with zero attached hydrogens (tertiary/aromatic N) is 2. The molecule has 0 saturated heterocycles. The van der Waals surface area contributed by atoms with Gasteiger partial charge >= 0.3 is 0 Å². The monoisotopic (exact) mass is 335 g/mol. The van der Waals surface area contributed by atoms with Crippen molar-refractivity contribution in [1.29, 1.82) is 0 Å². The van der Waals surface area contributed by atoms with Crippen molar-refractivity contribution in [2.45, 2.75) is 0 Å². The van der Waals surface area contributed by atoms with E-state index in [9.17, 15) is 4.79 Å². The Bertz CT molecular complexity index is 635. The highest BCUT2D eigenvalue weighted by Crippen LogP contribution is 2.14. The summed E-state index contributed by atoms with van der Waals surface area (Å²) in [7, 11) is 3.77. The second-order valence-electron chi connectivity index (χ2n) is 4.28. The van der Waals surface area contributed by atoms with E-state index in [-0.39, 0.29) is 5.91 Å². The van der Waals surface area contributed by atoms with Gasteiger partial charge in [-0.15, -0.1) is 0 Å². The molecule has 0 aliphatic heterocycles. The van der Waals surface area contributed by atoms with Crippen molar-refractivity contribution < 1.29 is 9.21 Å². The third kappa shape index (κ3) is 3.71. The zero-order valence-corrected chi connectivity index (χ0v) is 12.7. The number of hydrazone groups is 1. The van der Waals surface area contributed by atoms with E-state index in [0.29, 0.717) is 11.3 Å². The molecule has 0 radical (unpaired) electrons. The molecule has 6 heteroatoms. The van der Waals surface area contributed by atoms with E-state index in [2.05, 4.69) is 26.5 Å². The van der Waals surface area contributed by atoms with Crippen molar-refractivity contribution in [3.63, 3.8) is 0 Å². The predicted molar refractivity (Wildman–Crippen MR) is 82.2 cm³/mol. The average Bonchev–Trinajstić information content (AvgIpc) is 2.87. The summed E-state index contributed by atoms with van der Waals surface area (Å²) in [5.41, 5.74) is 2.98. The molecule has 0 atom stereocenters. The fraction of sp³-hybridized carbons (Fsp3) is 0.143. The van der Waals surface area contributed by atoms with E-state index < -0.39 is 0 Å². The summed E-state index contributed by atoms with van der Waals surface area (Å²) >= 11 is 3.31. The first kappa shape index (κ1) is 14.3. The normalized spacial score (nSPS) is 10.8. The van der Waals surface area contributed by atoms with Crippen molar-refractivity contribution >= 4 is 33.9 Å². The highest BCUT2D eigenvalue weighted by atomic mass is 79.9. The summed E-state index contributed by atoms with van der Waals surface area (Å²) in [4.78, 5) is 13.7. The lowest BCUT2D eigenvalue weighted by molar-refractivity contribution is 0.0955. The lowest BCUT2D eigenvalue weighted by atomic mass is 10.2.